The first-order valence-corrected chi connectivity index (χ1v) is 8.26. The van der Waals surface area contributed by atoms with E-state index in [-0.39, 0.29) is 12.1 Å². The van der Waals surface area contributed by atoms with Crippen LogP contribution in [0.4, 0.5) is 5.69 Å². The lowest BCUT2D eigenvalue weighted by Crippen LogP contribution is -2.31. The first kappa shape index (κ1) is 11.8. The molecule has 0 fully saturated rings. The van der Waals surface area contributed by atoms with Gasteiger partial charge in [-0.1, -0.05) is 36.4 Å². The van der Waals surface area contributed by atoms with E-state index in [0.29, 0.717) is 0 Å². The van der Waals surface area contributed by atoms with Crippen molar-refractivity contribution in [1.82, 2.24) is 0 Å². The van der Waals surface area contributed by atoms with E-state index in [1.807, 2.05) is 48.5 Å². The van der Waals surface area contributed by atoms with Crippen molar-refractivity contribution in [3.63, 3.8) is 0 Å². The van der Waals surface area contributed by atoms with E-state index in [1.54, 1.807) is 0 Å². The number of fused-ring (bicyclic) bond motifs is 5. The zero-order valence-corrected chi connectivity index (χ0v) is 11.7. The summed E-state index contributed by atoms with van der Waals surface area (Å²) >= 11 is 0. The fraction of sp³-hybridized carbons (Fsp3) is 0.200. The van der Waals surface area contributed by atoms with Crippen LogP contribution >= 0.6 is 0 Å². The first-order chi connectivity index (χ1) is 9.57. The zero-order chi connectivity index (χ0) is 13.9. The molecule has 5 heteroatoms. The van der Waals surface area contributed by atoms with Gasteiger partial charge in [-0.2, -0.15) is 0 Å². The van der Waals surface area contributed by atoms with Crippen molar-refractivity contribution in [3.8, 4) is 5.75 Å². The average Bonchev–Trinajstić information content (AvgIpc) is 2.92. The lowest BCUT2D eigenvalue weighted by atomic mass is 10.0. The number of anilines is 1. The number of benzene rings is 2. The molecule has 2 aliphatic rings. The molecule has 0 N–H and O–H groups in total. The largest absolute Gasteiger partial charge is 0.483 e. The van der Waals surface area contributed by atoms with Crippen molar-refractivity contribution in [1.29, 1.82) is 0 Å². The van der Waals surface area contributed by atoms with Crippen LogP contribution in [0.3, 0.4) is 0 Å². The highest BCUT2D eigenvalue weighted by atomic mass is 32.2. The van der Waals surface area contributed by atoms with Gasteiger partial charge in [0.15, 0.2) is 6.10 Å². The summed E-state index contributed by atoms with van der Waals surface area (Å²) in [4.78, 5) is 0. The highest BCUT2D eigenvalue weighted by Crippen LogP contribution is 2.56. The highest BCUT2D eigenvalue weighted by molar-refractivity contribution is 7.92. The van der Waals surface area contributed by atoms with E-state index in [4.69, 9.17) is 4.74 Å². The predicted octanol–water partition coefficient (Wildman–Crippen LogP) is 2.64. The van der Waals surface area contributed by atoms with Crippen LogP contribution in [0.5, 0.6) is 5.75 Å². The Morgan fingerprint density at radius 3 is 2.40 bits per heavy atom. The number of sulfonamides is 1. The van der Waals surface area contributed by atoms with Gasteiger partial charge in [0.1, 0.15) is 11.8 Å². The maximum atomic E-state index is 12.2. The standard InChI is InChI=1S/C15H13NO3S/c1-20(17,18)16-12-8-4-2-6-10(12)15-14(16)11-7-3-5-9-13(11)19-15/h2-9,14-15H,1H3/t14?,15-/m0/s1. The van der Waals surface area contributed by atoms with Gasteiger partial charge < -0.3 is 4.74 Å². The third-order valence-corrected chi connectivity index (χ3v) is 5.01. The summed E-state index contributed by atoms with van der Waals surface area (Å²) in [6.07, 6.45) is 0.992. The van der Waals surface area contributed by atoms with Crippen LogP contribution in [0, 0.1) is 0 Å². The zero-order valence-electron chi connectivity index (χ0n) is 10.9. The van der Waals surface area contributed by atoms with Crippen molar-refractivity contribution in [3.05, 3.63) is 59.7 Å². The van der Waals surface area contributed by atoms with Crippen molar-refractivity contribution in [2.75, 3.05) is 10.6 Å². The lowest BCUT2D eigenvalue weighted by Gasteiger charge is -2.23. The SMILES string of the molecule is CS(=O)(=O)N1c2ccccc2[C@@H]2Oc3ccccc3C21. The summed E-state index contributed by atoms with van der Waals surface area (Å²) in [5.74, 6) is 0.769. The molecule has 0 aromatic heterocycles. The van der Waals surface area contributed by atoms with E-state index >= 15 is 0 Å². The minimum atomic E-state index is -3.36. The van der Waals surface area contributed by atoms with Gasteiger partial charge in [0.2, 0.25) is 10.0 Å². The topological polar surface area (TPSA) is 46.6 Å². The Hall–Kier alpha value is -2.01. The third-order valence-electron chi connectivity index (χ3n) is 3.87. The van der Waals surface area contributed by atoms with Crippen LogP contribution in [0.2, 0.25) is 0 Å². The summed E-state index contributed by atoms with van der Waals surface area (Å²) in [7, 11) is -3.36. The molecule has 0 saturated heterocycles. The van der Waals surface area contributed by atoms with Crippen LogP contribution in [0.25, 0.3) is 0 Å². The Morgan fingerprint density at radius 1 is 1.00 bits per heavy atom. The van der Waals surface area contributed by atoms with Gasteiger partial charge in [0.05, 0.1) is 11.9 Å². The third kappa shape index (κ3) is 1.44. The molecule has 2 heterocycles. The number of hydrogen-bond acceptors (Lipinski definition) is 3. The second kappa shape index (κ2) is 3.76. The van der Waals surface area contributed by atoms with E-state index in [1.165, 1.54) is 10.6 Å². The summed E-state index contributed by atoms with van der Waals surface area (Å²) in [6, 6.07) is 14.9. The molecule has 0 aliphatic carbocycles. The molecule has 0 spiro atoms. The molecule has 0 bridgehead atoms. The summed E-state index contributed by atoms with van der Waals surface area (Å²) in [6.45, 7) is 0. The van der Waals surface area contributed by atoms with Gasteiger partial charge in [-0.3, -0.25) is 4.31 Å². The van der Waals surface area contributed by atoms with Gasteiger partial charge in [-0.15, -0.1) is 0 Å². The molecule has 4 rings (SSSR count). The predicted molar refractivity (Wildman–Crippen MR) is 76.3 cm³/mol. The Bertz CT molecular complexity index is 800. The van der Waals surface area contributed by atoms with Crippen LogP contribution in [-0.4, -0.2) is 14.7 Å². The summed E-state index contributed by atoms with van der Waals surface area (Å²) in [5.41, 5.74) is 2.58. The van der Waals surface area contributed by atoms with Gasteiger partial charge in [0, 0.05) is 11.1 Å². The van der Waals surface area contributed by atoms with Crippen molar-refractivity contribution < 1.29 is 13.2 Å². The number of rotatable bonds is 1. The summed E-state index contributed by atoms with van der Waals surface area (Å²) in [5, 5.41) is 0. The van der Waals surface area contributed by atoms with Gasteiger partial charge >= 0.3 is 0 Å². The maximum absolute atomic E-state index is 12.2. The van der Waals surface area contributed by atoms with E-state index in [2.05, 4.69) is 0 Å². The molecule has 2 aromatic carbocycles. The average molecular weight is 287 g/mol. The number of hydrogen-bond donors (Lipinski definition) is 0. The minimum Gasteiger partial charge on any atom is -0.483 e. The van der Waals surface area contributed by atoms with Crippen LogP contribution in [0.15, 0.2) is 48.5 Å². The molecule has 2 atom stereocenters. The van der Waals surface area contributed by atoms with Gasteiger partial charge in [-0.05, 0) is 12.1 Å². The Kier molecular flexibility index (Phi) is 2.22. The molecule has 20 heavy (non-hydrogen) atoms. The molecule has 1 unspecified atom stereocenters. The Morgan fingerprint density at radius 2 is 1.65 bits per heavy atom. The molecule has 2 aliphatic heterocycles. The fourth-order valence-corrected chi connectivity index (χ4v) is 4.30. The van der Waals surface area contributed by atoms with Crippen LogP contribution in [0.1, 0.15) is 23.3 Å². The van der Waals surface area contributed by atoms with Crippen molar-refractivity contribution in [2.45, 2.75) is 12.1 Å². The van der Waals surface area contributed by atoms with Crippen molar-refractivity contribution in [2.24, 2.45) is 0 Å². The van der Waals surface area contributed by atoms with Crippen LogP contribution in [-0.2, 0) is 10.0 Å². The van der Waals surface area contributed by atoms with Gasteiger partial charge in [0.25, 0.3) is 0 Å². The molecular formula is C15H13NO3S. The quantitative estimate of drug-likeness (QED) is 0.810. The molecule has 2 aromatic rings. The lowest BCUT2D eigenvalue weighted by molar-refractivity contribution is 0.224. The summed E-state index contributed by atoms with van der Waals surface area (Å²) < 4.78 is 31.9. The smallest absolute Gasteiger partial charge is 0.232 e. The first-order valence-electron chi connectivity index (χ1n) is 6.41. The van der Waals surface area contributed by atoms with E-state index in [0.717, 1.165) is 22.6 Å². The van der Waals surface area contributed by atoms with E-state index < -0.39 is 10.0 Å². The second-order valence-corrected chi connectivity index (χ2v) is 7.00. The molecule has 0 saturated carbocycles. The van der Waals surface area contributed by atoms with Crippen molar-refractivity contribution >= 4 is 15.7 Å². The molecule has 102 valence electrons. The number of ether oxygens (including phenoxy) is 1. The van der Waals surface area contributed by atoms with Crippen LogP contribution < -0.4 is 9.04 Å². The second-order valence-electron chi connectivity index (χ2n) is 5.14. The Labute approximate surface area is 117 Å². The molecule has 0 amide bonds. The van der Waals surface area contributed by atoms with E-state index in [9.17, 15) is 8.42 Å². The molecule has 4 nitrogen and oxygen atoms in total. The molecule has 0 radical (unpaired) electrons. The highest BCUT2D eigenvalue weighted by Gasteiger charge is 2.49. The Balaban J connectivity index is 1.98. The normalized spacial score (nSPS) is 22.9. The molecular weight excluding hydrogens is 274 g/mol. The number of nitrogens with zero attached hydrogens (tertiary/aromatic N) is 1. The monoisotopic (exact) mass is 287 g/mol. The van der Waals surface area contributed by atoms with Gasteiger partial charge in [-0.25, -0.2) is 8.42 Å². The minimum absolute atomic E-state index is 0.252. The number of para-hydroxylation sites is 2. The maximum Gasteiger partial charge on any atom is 0.232 e. The fourth-order valence-electron chi connectivity index (χ4n) is 3.14.